The molecular weight excluding hydrogens is 437 g/mol. The second kappa shape index (κ2) is 9.22. The Bertz CT molecular complexity index is 1190. The molecule has 32 heavy (non-hydrogen) atoms. The van der Waals surface area contributed by atoms with E-state index in [2.05, 4.69) is 32.4 Å². The van der Waals surface area contributed by atoms with Crippen molar-refractivity contribution in [1.29, 1.82) is 0 Å². The molecule has 2 aromatic heterocycles. The van der Waals surface area contributed by atoms with Crippen molar-refractivity contribution >= 4 is 35.4 Å². The zero-order valence-electron chi connectivity index (χ0n) is 16.8. The van der Waals surface area contributed by atoms with Crippen molar-refractivity contribution in [3.8, 4) is 0 Å². The Kier molecular flexibility index (Phi) is 6.21. The number of nitro benzene ring substituents is 1. The fraction of sp³-hybridized carbons (Fsp3) is 0.250. The maximum absolute atomic E-state index is 14.7. The summed E-state index contributed by atoms with van der Waals surface area (Å²) in [4.78, 5) is 28.0. The summed E-state index contributed by atoms with van der Waals surface area (Å²) in [7, 11) is 0. The summed E-state index contributed by atoms with van der Waals surface area (Å²) in [5.41, 5.74) is 0.484. The third-order valence-corrected chi connectivity index (χ3v) is 6.20. The number of nitro groups is 1. The van der Waals surface area contributed by atoms with Crippen LogP contribution < -0.4 is 5.32 Å². The molecule has 164 valence electrons. The molecule has 0 radical (unpaired) electrons. The largest absolute Gasteiger partial charge is 0.304 e. The Hall–Kier alpha value is -3.67. The van der Waals surface area contributed by atoms with Gasteiger partial charge in [0.2, 0.25) is 5.16 Å². The van der Waals surface area contributed by atoms with Crippen LogP contribution in [0.1, 0.15) is 47.5 Å². The molecule has 10 nitrogen and oxygen atoms in total. The van der Waals surface area contributed by atoms with Crippen LogP contribution in [0.4, 0.5) is 15.9 Å². The Morgan fingerprint density at radius 1 is 1.34 bits per heavy atom. The number of benzene rings is 1. The number of aromatic nitrogens is 5. The standard InChI is InChI=1S/C20H18FN7O3S/c1-2-27-20(24-25-26-27)32-17-8-7-14(28(30)31)10-15(17)19(29)23-18-16(21)9-13(11-22-18)12-5-3-4-6-12/h2,7-12H,1,3-6H2,(H,22,23,29). The lowest BCUT2D eigenvalue weighted by atomic mass is 9.99. The van der Waals surface area contributed by atoms with E-state index in [1.807, 2.05) is 0 Å². The van der Waals surface area contributed by atoms with Gasteiger partial charge in [-0.3, -0.25) is 14.9 Å². The van der Waals surface area contributed by atoms with Gasteiger partial charge in [-0.05, 0) is 58.6 Å². The highest BCUT2D eigenvalue weighted by Gasteiger charge is 2.22. The Morgan fingerprint density at radius 2 is 2.12 bits per heavy atom. The summed E-state index contributed by atoms with van der Waals surface area (Å²) in [6, 6.07) is 5.17. The lowest BCUT2D eigenvalue weighted by Crippen LogP contribution is -2.16. The third-order valence-electron chi connectivity index (χ3n) is 5.18. The predicted molar refractivity (Wildman–Crippen MR) is 115 cm³/mol. The SMILES string of the molecule is C=Cn1nnnc1Sc1ccc([N+](=O)[O-])cc1C(=O)Nc1ncc(C2CCCC2)cc1F. The number of carbonyl (C=O) groups excluding carboxylic acids is 1. The smallest absolute Gasteiger partial charge is 0.270 e. The molecule has 1 N–H and O–H groups in total. The predicted octanol–water partition coefficient (Wildman–Crippen LogP) is 4.28. The Morgan fingerprint density at radius 3 is 2.81 bits per heavy atom. The van der Waals surface area contributed by atoms with Gasteiger partial charge in [0, 0.05) is 29.4 Å². The summed E-state index contributed by atoms with van der Waals surface area (Å²) in [6.45, 7) is 3.59. The minimum Gasteiger partial charge on any atom is -0.304 e. The molecule has 1 fully saturated rings. The molecular formula is C20H18FN7O3S. The number of halogens is 1. The number of pyridine rings is 1. The van der Waals surface area contributed by atoms with Gasteiger partial charge in [-0.25, -0.2) is 9.37 Å². The first-order valence-corrected chi connectivity index (χ1v) is 10.6. The maximum atomic E-state index is 14.7. The van der Waals surface area contributed by atoms with Crippen molar-refractivity contribution in [1.82, 2.24) is 25.2 Å². The molecule has 0 aliphatic heterocycles. The van der Waals surface area contributed by atoms with E-state index in [4.69, 9.17) is 0 Å². The van der Waals surface area contributed by atoms with Gasteiger partial charge in [-0.2, -0.15) is 4.68 Å². The maximum Gasteiger partial charge on any atom is 0.270 e. The zero-order chi connectivity index (χ0) is 22.7. The molecule has 12 heteroatoms. The first-order chi connectivity index (χ1) is 15.5. The minimum atomic E-state index is -0.742. The molecule has 1 aromatic carbocycles. The highest BCUT2D eigenvalue weighted by atomic mass is 32.2. The van der Waals surface area contributed by atoms with Crippen LogP contribution in [0.5, 0.6) is 0 Å². The number of nitrogens with one attached hydrogen (secondary N) is 1. The summed E-state index contributed by atoms with van der Waals surface area (Å²) in [5.74, 6) is -1.36. The number of hydrogen-bond acceptors (Lipinski definition) is 8. The number of non-ortho nitro benzene ring substituents is 1. The molecule has 1 aliphatic carbocycles. The quantitative estimate of drug-likeness (QED) is 0.413. The van der Waals surface area contributed by atoms with Crippen molar-refractivity contribution in [2.45, 2.75) is 41.7 Å². The van der Waals surface area contributed by atoms with Gasteiger partial charge in [0.05, 0.1) is 10.5 Å². The average molecular weight is 455 g/mol. The molecule has 2 heterocycles. The van der Waals surface area contributed by atoms with Crippen LogP contribution in [-0.2, 0) is 0 Å². The van der Waals surface area contributed by atoms with Gasteiger partial charge in [0.25, 0.3) is 11.6 Å². The molecule has 0 atom stereocenters. The van der Waals surface area contributed by atoms with Crippen LogP contribution in [0.2, 0.25) is 0 Å². The van der Waals surface area contributed by atoms with Crippen molar-refractivity contribution in [2.75, 3.05) is 5.32 Å². The normalized spacial score (nSPS) is 13.8. The molecule has 0 bridgehead atoms. The van der Waals surface area contributed by atoms with Gasteiger partial charge < -0.3 is 5.32 Å². The van der Waals surface area contributed by atoms with E-state index in [1.54, 1.807) is 6.20 Å². The molecule has 0 spiro atoms. The van der Waals surface area contributed by atoms with E-state index < -0.39 is 16.6 Å². The summed E-state index contributed by atoms with van der Waals surface area (Å²) in [5, 5.41) is 25.0. The van der Waals surface area contributed by atoms with Crippen LogP contribution >= 0.6 is 11.8 Å². The van der Waals surface area contributed by atoms with E-state index >= 15 is 0 Å². The molecule has 1 saturated carbocycles. The molecule has 1 aliphatic rings. The second-order valence-corrected chi connectivity index (χ2v) is 8.17. The van der Waals surface area contributed by atoms with Crippen LogP contribution in [0.25, 0.3) is 6.20 Å². The van der Waals surface area contributed by atoms with Gasteiger partial charge >= 0.3 is 0 Å². The average Bonchev–Trinajstić information content (AvgIpc) is 3.47. The topological polar surface area (TPSA) is 129 Å². The highest BCUT2D eigenvalue weighted by Crippen LogP contribution is 2.35. The fourth-order valence-electron chi connectivity index (χ4n) is 3.57. The van der Waals surface area contributed by atoms with Gasteiger partial charge in [-0.15, -0.1) is 5.10 Å². The lowest BCUT2D eigenvalue weighted by molar-refractivity contribution is -0.384. The fourth-order valence-corrected chi connectivity index (χ4v) is 4.44. The van der Waals surface area contributed by atoms with Gasteiger partial charge in [-0.1, -0.05) is 19.4 Å². The summed E-state index contributed by atoms with van der Waals surface area (Å²) >= 11 is 1.01. The Labute approximate surface area is 186 Å². The lowest BCUT2D eigenvalue weighted by Gasteiger charge is -2.12. The second-order valence-electron chi connectivity index (χ2n) is 7.16. The zero-order valence-corrected chi connectivity index (χ0v) is 17.6. The van der Waals surface area contributed by atoms with Crippen LogP contribution in [0.15, 0.2) is 47.1 Å². The van der Waals surface area contributed by atoms with Crippen LogP contribution in [0, 0.1) is 15.9 Å². The van der Waals surface area contributed by atoms with Crippen molar-refractivity contribution < 1.29 is 14.1 Å². The number of tetrazole rings is 1. The van der Waals surface area contributed by atoms with Crippen LogP contribution in [-0.4, -0.2) is 36.0 Å². The van der Waals surface area contributed by atoms with E-state index in [-0.39, 0.29) is 23.0 Å². The molecule has 1 amide bonds. The number of carbonyl (C=O) groups is 1. The van der Waals surface area contributed by atoms with Crippen LogP contribution in [0.3, 0.4) is 0 Å². The van der Waals surface area contributed by atoms with Crippen molar-refractivity contribution in [2.24, 2.45) is 0 Å². The minimum absolute atomic E-state index is 0.0381. The molecule has 4 rings (SSSR count). The highest BCUT2D eigenvalue weighted by molar-refractivity contribution is 7.99. The molecule has 0 saturated heterocycles. The number of amides is 1. The first-order valence-electron chi connectivity index (χ1n) is 9.79. The van der Waals surface area contributed by atoms with Gasteiger partial charge in [0.15, 0.2) is 11.6 Å². The van der Waals surface area contributed by atoms with E-state index in [0.717, 1.165) is 49.1 Å². The van der Waals surface area contributed by atoms with E-state index in [1.165, 1.54) is 29.1 Å². The van der Waals surface area contributed by atoms with Crippen molar-refractivity contribution in [3.63, 3.8) is 0 Å². The summed E-state index contributed by atoms with van der Waals surface area (Å²) < 4.78 is 15.9. The monoisotopic (exact) mass is 455 g/mol. The number of rotatable bonds is 7. The number of anilines is 1. The van der Waals surface area contributed by atoms with E-state index in [0.29, 0.717) is 10.1 Å². The van der Waals surface area contributed by atoms with Crippen molar-refractivity contribution in [3.05, 3.63) is 64.1 Å². The van der Waals surface area contributed by atoms with Gasteiger partial charge in [0.1, 0.15) is 0 Å². The third kappa shape index (κ3) is 4.49. The Balaban J connectivity index is 1.62. The molecule has 3 aromatic rings. The van der Waals surface area contributed by atoms with E-state index in [9.17, 15) is 19.3 Å². The number of nitrogens with zero attached hydrogens (tertiary/aromatic N) is 6. The molecule has 0 unspecified atom stereocenters. The number of hydrogen-bond donors (Lipinski definition) is 1. The summed E-state index contributed by atoms with van der Waals surface area (Å²) in [6.07, 6.45) is 7.13. The first kappa shape index (κ1) is 21.6.